The third kappa shape index (κ3) is 4.51. The van der Waals surface area contributed by atoms with Crippen LogP contribution in [0.1, 0.15) is 27.9 Å². The maximum absolute atomic E-state index is 12.8. The summed E-state index contributed by atoms with van der Waals surface area (Å²) in [5.41, 5.74) is 2.54. The molecule has 1 heterocycles. The summed E-state index contributed by atoms with van der Waals surface area (Å²) in [5, 5.41) is 0. The van der Waals surface area contributed by atoms with E-state index in [0.29, 0.717) is 38.2 Å². The van der Waals surface area contributed by atoms with Crippen molar-refractivity contribution in [3.05, 3.63) is 71.3 Å². The summed E-state index contributed by atoms with van der Waals surface area (Å²) >= 11 is 0. The van der Waals surface area contributed by atoms with Gasteiger partial charge < -0.3 is 4.90 Å². The van der Waals surface area contributed by atoms with Crippen molar-refractivity contribution in [3.8, 4) is 0 Å². The Morgan fingerprint density at radius 3 is 2.31 bits per heavy atom. The first-order chi connectivity index (χ1) is 12.5. The number of hydrogen-bond acceptors (Lipinski definition) is 3. The van der Waals surface area contributed by atoms with E-state index in [1.165, 1.54) is 4.31 Å². The second-order valence-corrected chi connectivity index (χ2v) is 8.62. The van der Waals surface area contributed by atoms with E-state index in [-0.39, 0.29) is 11.7 Å². The molecule has 0 N–H and O–H groups in total. The Morgan fingerprint density at radius 2 is 1.62 bits per heavy atom. The van der Waals surface area contributed by atoms with Gasteiger partial charge in [0.15, 0.2) is 0 Å². The Morgan fingerprint density at radius 1 is 0.923 bits per heavy atom. The fourth-order valence-corrected chi connectivity index (χ4v) is 4.69. The van der Waals surface area contributed by atoms with Crippen LogP contribution in [0.15, 0.2) is 54.6 Å². The molecule has 3 rings (SSSR count). The van der Waals surface area contributed by atoms with Crippen LogP contribution < -0.4 is 0 Å². The monoisotopic (exact) mass is 372 g/mol. The lowest BCUT2D eigenvalue weighted by Crippen LogP contribution is -2.37. The summed E-state index contributed by atoms with van der Waals surface area (Å²) in [7, 11) is -3.39. The molecule has 0 saturated carbocycles. The van der Waals surface area contributed by atoms with Crippen LogP contribution in [0, 0.1) is 6.92 Å². The maximum Gasteiger partial charge on any atom is 0.253 e. The van der Waals surface area contributed by atoms with Crippen LogP contribution in [0.3, 0.4) is 0 Å². The van der Waals surface area contributed by atoms with E-state index in [0.717, 1.165) is 11.1 Å². The first-order valence-electron chi connectivity index (χ1n) is 8.83. The van der Waals surface area contributed by atoms with Gasteiger partial charge in [-0.25, -0.2) is 8.42 Å². The number of nitrogens with zero attached hydrogens (tertiary/aromatic N) is 2. The van der Waals surface area contributed by atoms with Crippen LogP contribution in [-0.2, 0) is 15.8 Å². The summed E-state index contributed by atoms with van der Waals surface area (Å²) in [5.74, 6) is -0.0386. The molecular weight excluding hydrogens is 348 g/mol. The van der Waals surface area contributed by atoms with Crippen LogP contribution >= 0.6 is 0 Å². The van der Waals surface area contributed by atoms with Gasteiger partial charge in [0.2, 0.25) is 10.0 Å². The molecule has 1 fully saturated rings. The number of carbonyl (C=O) groups excluding carboxylic acids is 1. The number of hydrogen-bond donors (Lipinski definition) is 0. The van der Waals surface area contributed by atoms with Gasteiger partial charge in [0, 0.05) is 31.7 Å². The van der Waals surface area contributed by atoms with E-state index < -0.39 is 10.0 Å². The average Bonchev–Trinajstić information content (AvgIpc) is 2.90. The smallest absolute Gasteiger partial charge is 0.253 e. The zero-order valence-electron chi connectivity index (χ0n) is 15.0. The van der Waals surface area contributed by atoms with Gasteiger partial charge in [-0.3, -0.25) is 4.79 Å². The molecule has 26 heavy (non-hydrogen) atoms. The lowest BCUT2D eigenvalue weighted by atomic mass is 10.2. The second kappa shape index (κ2) is 8.01. The highest BCUT2D eigenvalue weighted by Gasteiger charge is 2.27. The van der Waals surface area contributed by atoms with Gasteiger partial charge in [-0.05, 0) is 31.0 Å². The fourth-order valence-electron chi connectivity index (χ4n) is 3.12. The summed E-state index contributed by atoms with van der Waals surface area (Å²) < 4.78 is 27.0. The van der Waals surface area contributed by atoms with Crippen LogP contribution in [-0.4, -0.2) is 49.7 Å². The van der Waals surface area contributed by atoms with Crippen LogP contribution in [0.25, 0.3) is 0 Å². The standard InChI is InChI=1S/C20H24N2O3S/c1-17-8-10-18(11-9-17)16-26(24,25)22-13-5-12-21(14-15-22)20(23)19-6-3-2-4-7-19/h2-4,6-11H,5,12-16H2,1H3. The lowest BCUT2D eigenvalue weighted by Gasteiger charge is -2.22. The highest BCUT2D eigenvalue weighted by atomic mass is 32.2. The number of benzene rings is 2. The molecule has 5 nitrogen and oxygen atoms in total. The molecule has 138 valence electrons. The molecule has 1 aliphatic heterocycles. The van der Waals surface area contributed by atoms with Crippen molar-refractivity contribution in [1.82, 2.24) is 9.21 Å². The van der Waals surface area contributed by atoms with E-state index in [2.05, 4.69) is 0 Å². The quantitative estimate of drug-likeness (QED) is 0.829. The molecule has 0 bridgehead atoms. The van der Waals surface area contributed by atoms with Crippen LogP contribution in [0.5, 0.6) is 0 Å². The van der Waals surface area contributed by atoms with Crippen LogP contribution in [0.4, 0.5) is 0 Å². The van der Waals surface area contributed by atoms with E-state index in [1.807, 2.05) is 49.4 Å². The molecule has 0 aromatic heterocycles. The minimum absolute atomic E-state index is 0.0000876. The van der Waals surface area contributed by atoms with E-state index in [1.54, 1.807) is 17.0 Å². The zero-order valence-corrected chi connectivity index (χ0v) is 15.8. The molecule has 6 heteroatoms. The molecule has 0 atom stereocenters. The largest absolute Gasteiger partial charge is 0.337 e. The molecule has 1 aliphatic rings. The number of carbonyl (C=O) groups is 1. The van der Waals surface area contributed by atoms with Crippen molar-refractivity contribution in [3.63, 3.8) is 0 Å². The SMILES string of the molecule is Cc1ccc(CS(=O)(=O)N2CCCN(C(=O)c3ccccc3)CC2)cc1. The molecule has 0 spiro atoms. The molecule has 2 aromatic rings. The molecule has 0 aliphatic carbocycles. The Kier molecular flexibility index (Phi) is 5.74. The molecule has 0 unspecified atom stereocenters. The van der Waals surface area contributed by atoms with Gasteiger partial charge >= 0.3 is 0 Å². The van der Waals surface area contributed by atoms with Gasteiger partial charge in [-0.15, -0.1) is 0 Å². The minimum Gasteiger partial charge on any atom is -0.337 e. The van der Waals surface area contributed by atoms with Crippen molar-refractivity contribution < 1.29 is 13.2 Å². The first kappa shape index (κ1) is 18.6. The Labute approximate surface area is 155 Å². The first-order valence-corrected chi connectivity index (χ1v) is 10.4. The third-order valence-corrected chi connectivity index (χ3v) is 6.48. The van der Waals surface area contributed by atoms with Gasteiger partial charge in [0.1, 0.15) is 0 Å². The fraction of sp³-hybridized carbons (Fsp3) is 0.350. The normalized spacial score (nSPS) is 16.3. The van der Waals surface area contributed by atoms with Gasteiger partial charge in [0.25, 0.3) is 5.91 Å². The molecular formula is C20H24N2O3S. The third-order valence-electron chi connectivity index (χ3n) is 4.63. The summed E-state index contributed by atoms with van der Waals surface area (Å²) in [6, 6.07) is 16.7. The number of aryl methyl sites for hydroxylation is 1. The van der Waals surface area contributed by atoms with Crippen molar-refractivity contribution in [2.45, 2.75) is 19.1 Å². The topological polar surface area (TPSA) is 57.7 Å². The number of rotatable bonds is 4. The van der Waals surface area contributed by atoms with Crippen molar-refractivity contribution >= 4 is 15.9 Å². The number of amides is 1. The van der Waals surface area contributed by atoms with Gasteiger partial charge in [-0.2, -0.15) is 4.31 Å². The second-order valence-electron chi connectivity index (χ2n) is 6.65. The predicted molar refractivity (Wildman–Crippen MR) is 102 cm³/mol. The molecule has 1 saturated heterocycles. The summed E-state index contributed by atoms with van der Waals surface area (Å²) in [6.45, 7) is 3.76. The highest BCUT2D eigenvalue weighted by Crippen LogP contribution is 2.16. The molecule has 2 aromatic carbocycles. The molecule has 1 amide bonds. The van der Waals surface area contributed by atoms with E-state index in [9.17, 15) is 13.2 Å². The van der Waals surface area contributed by atoms with E-state index in [4.69, 9.17) is 0 Å². The predicted octanol–water partition coefficient (Wildman–Crippen LogP) is 2.67. The van der Waals surface area contributed by atoms with E-state index >= 15 is 0 Å². The van der Waals surface area contributed by atoms with Crippen molar-refractivity contribution in [2.24, 2.45) is 0 Å². The van der Waals surface area contributed by atoms with Crippen molar-refractivity contribution in [2.75, 3.05) is 26.2 Å². The average molecular weight is 372 g/mol. The lowest BCUT2D eigenvalue weighted by molar-refractivity contribution is 0.0764. The van der Waals surface area contributed by atoms with Gasteiger partial charge in [0.05, 0.1) is 5.75 Å². The Hall–Kier alpha value is -2.18. The number of sulfonamides is 1. The molecule has 0 radical (unpaired) electrons. The maximum atomic E-state index is 12.8. The van der Waals surface area contributed by atoms with Crippen molar-refractivity contribution in [1.29, 1.82) is 0 Å². The Bertz CT molecular complexity index is 848. The highest BCUT2D eigenvalue weighted by molar-refractivity contribution is 7.88. The van der Waals surface area contributed by atoms with Crippen LogP contribution in [0.2, 0.25) is 0 Å². The minimum atomic E-state index is -3.39. The zero-order chi connectivity index (χ0) is 18.6. The summed E-state index contributed by atoms with van der Waals surface area (Å²) in [6.07, 6.45) is 0.645. The Balaban J connectivity index is 1.66. The summed E-state index contributed by atoms with van der Waals surface area (Å²) in [4.78, 5) is 14.3. The van der Waals surface area contributed by atoms with Gasteiger partial charge in [-0.1, -0.05) is 48.0 Å².